The molecule has 100 valence electrons. The molecular formula is C15H10BrClN2O. The van der Waals surface area contributed by atoms with Crippen LogP contribution in [0.15, 0.2) is 59.2 Å². The fraction of sp³-hybridized carbons (Fsp3) is 0. The zero-order valence-corrected chi connectivity index (χ0v) is 12.6. The van der Waals surface area contributed by atoms with Gasteiger partial charge in [0.05, 0.1) is 11.9 Å². The van der Waals surface area contributed by atoms with Crippen molar-refractivity contribution in [2.75, 3.05) is 0 Å². The molecule has 0 aliphatic carbocycles. The Hall–Kier alpha value is -1.78. The zero-order valence-electron chi connectivity index (χ0n) is 10.3. The first kappa shape index (κ1) is 13.2. The molecule has 20 heavy (non-hydrogen) atoms. The average Bonchev–Trinajstić information content (AvgIpc) is 2.82. The van der Waals surface area contributed by atoms with Crippen LogP contribution in [0.2, 0.25) is 5.02 Å². The smallest absolute Gasteiger partial charge is 0.162 e. The monoisotopic (exact) mass is 348 g/mol. The van der Waals surface area contributed by atoms with Gasteiger partial charge in [0.1, 0.15) is 5.69 Å². The van der Waals surface area contributed by atoms with E-state index in [-0.39, 0.29) is 5.75 Å². The van der Waals surface area contributed by atoms with Gasteiger partial charge in [-0.05, 0) is 36.4 Å². The first-order chi connectivity index (χ1) is 9.63. The van der Waals surface area contributed by atoms with Gasteiger partial charge in [-0.15, -0.1) is 0 Å². The largest absolute Gasteiger partial charge is 0.504 e. The molecule has 0 aliphatic heterocycles. The third-order valence-electron chi connectivity index (χ3n) is 2.90. The number of hydrogen-bond donors (Lipinski definition) is 1. The molecule has 3 aromatic rings. The van der Waals surface area contributed by atoms with Gasteiger partial charge in [0.15, 0.2) is 5.75 Å². The molecule has 0 atom stereocenters. The predicted molar refractivity (Wildman–Crippen MR) is 83.4 cm³/mol. The van der Waals surface area contributed by atoms with Gasteiger partial charge in [-0.3, -0.25) is 0 Å². The van der Waals surface area contributed by atoms with E-state index in [1.165, 1.54) is 0 Å². The van der Waals surface area contributed by atoms with E-state index >= 15 is 0 Å². The van der Waals surface area contributed by atoms with Gasteiger partial charge >= 0.3 is 0 Å². The standard InChI is InChI=1S/C15H10BrClN2O/c16-11-3-1-10(2-4-11)15-14(20)9-19(18-15)13-7-5-12(17)6-8-13/h1-9,20H. The van der Waals surface area contributed by atoms with Crippen LogP contribution in [0.25, 0.3) is 16.9 Å². The minimum atomic E-state index is 0.141. The van der Waals surface area contributed by atoms with Crippen LogP contribution in [-0.4, -0.2) is 14.9 Å². The molecule has 0 aliphatic rings. The zero-order chi connectivity index (χ0) is 14.1. The van der Waals surface area contributed by atoms with Crippen molar-refractivity contribution in [2.45, 2.75) is 0 Å². The highest BCUT2D eigenvalue weighted by molar-refractivity contribution is 9.10. The van der Waals surface area contributed by atoms with Crippen molar-refractivity contribution in [3.63, 3.8) is 0 Å². The van der Waals surface area contributed by atoms with Gasteiger partial charge in [-0.1, -0.05) is 39.7 Å². The molecule has 2 aromatic carbocycles. The summed E-state index contributed by atoms with van der Waals surface area (Å²) in [6.45, 7) is 0. The summed E-state index contributed by atoms with van der Waals surface area (Å²) in [5.74, 6) is 0.141. The van der Waals surface area contributed by atoms with E-state index in [4.69, 9.17) is 11.6 Å². The number of aromatic hydroxyl groups is 1. The number of halogens is 2. The van der Waals surface area contributed by atoms with Crippen molar-refractivity contribution in [1.82, 2.24) is 9.78 Å². The summed E-state index contributed by atoms with van der Waals surface area (Å²) in [4.78, 5) is 0. The number of aromatic nitrogens is 2. The molecule has 0 amide bonds. The Morgan fingerprint density at radius 2 is 1.65 bits per heavy atom. The van der Waals surface area contributed by atoms with E-state index in [2.05, 4.69) is 21.0 Å². The molecule has 0 unspecified atom stereocenters. The Kier molecular flexibility index (Phi) is 3.51. The maximum Gasteiger partial charge on any atom is 0.162 e. The summed E-state index contributed by atoms with van der Waals surface area (Å²) in [5.41, 5.74) is 2.25. The van der Waals surface area contributed by atoms with Crippen molar-refractivity contribution in [2.24, 2.45) is 0 Å². The predicted octanol–water partition coefficient (Wildman–Crippen LogP) is 4.66. The first-order valence-electron chi connectivity index (χ1n) is 5.94. The van der Waals surface area contributed by atoms with E-state index in [0.29, 0.717) is 10.7 Å². The minimum absolute atomic E-state index is 0.141. The SMILES string of the molecule is Oc1cn(-c2ccc(Cl)cc2)nc1-c1ccc(Br)cc1. The topological polar surface area (TPSA) is 38.0 Å². The van der Waals surface area contributed by atoms with Crippen molar-refractivity contribution >= 4 is 27.5 Å². The fourth-order valence-corrected chi connectivity index (χ4v) is 2.29. The molecule has 0 saturated heterocycles. The third-order valence-corrected chi connectivity index (χ3v) is 3.68. The summed E-state index contributed by atoms with van der Waals surface area (Å²) < 4.78 is 2.61. The van der Waals surface area contributed by atoms with Crippen LogP contribution in [0.4, 0.5) is 0 Å². The Bertz CT molecular complexity index is 736. The van der Waals surface area contributed by atoms with Crippen molar-refractivity contribution < 1.29 is 5.11 Å². The van der Waals surface area contributed by atoms with Crippen molar-refractivity contribution in [3.05, 3.63) is 64.2 Å². The lowest BCUT2D eigenvalue weighted by Crippen LogP contribution is -1.94. The lowest BCUT2D eigenvalue weighted by atomic mass is 10.1. The lowest BCUT2D eigenvalue weighted by molar-refractivity contribution is 0.477. The van der Waals surface area contributed by atoms with Gasteiger partial charge in [0, 0.05) is 15.1 Å². The van der Waals surface area contributed by atoms with Gasteiger partial charge in [-0.2, -0.15) is 5.10 Å². The van der Waals surface area contributed by atoms with E-state index < -0.39 is 0 Å². The number of nitrogens with zero attached hydrogens (tertiary/aromatic N) is 2. The molecule has 0 bridgehead atoms. The van der Waals surface area contributed by atoms with Gasteiger partial charge < -0.3 is 5.11 Å². The van der Waals surface area contributed by atoms with Gasteiger partial charge in [0.2, 0.25) is 0 Å². The first-order valence-corrected chi connectivity index (χ1v) is 7.11. The Balaban J connectivity index is 2.02. The highest BCUT2D eigenvalue weighted by Crippen LogP contribution is 2.29. The second-order valence-electron chi connectivity index (χ2n) is 4.29. The summed E-state index contributed by atoms with van der Waals surface area (Å²) in [6, 6.07) is 14.9. The highest BCUT2D eigenvalue weighted by Gasteiger charge is 2.11. The third kappa shape index (κ3) is 2.57. The van der Waals surface area contributed by atoms with Crippen molar-refractivity contribution in [3.8, 4) is 22.7 Å². The summed E-state index contributed by atoms with van der Waals surface area (Å²) in [5, 5.41) is 15.1. The molecule has 0 radical (unpaired) electrons. The molecule has 3 rings (SSSR count). The highest BCUT2D eigenvalue weighted by atomic mass is 79.9. The Morgan fingerprint density at radius 1 is 1.00 bits per heavy atom. The minimum Gasteiger partial charge on any atom is -0.504 e. The van der Waals surface area contributed by atoms with Crippen LogP contribution in [0.5, 0.6) is 5.75 Å². The number of hydrogen-bond acceptors (Lipinski definition) is 2. The van der Waals surface area contributed by atoms with Gasteiger partial charge in [-0.25, -0.2) is 4.68 Å². The van der Waals surface area contributed by atoms with E-state index in [1.54, 1.807) is 23.0 Å². The molecule has 5 heteroatoms. The Labute approximate surface area is 129 Å². The van der Waals surface area contributed by atoms with Crippen LogP contribution in [-0.2, 0) is 0 Å². The maximum atomic E-state index is 10.0. The molecule has 0 fully saturated rings. The summed E-state index contributed by atoms with van der Waals surface area (Å²) >= 11 is 9.25. The molecular weight excluding hydrogens is 340 g/mol. The molecule has 1 heterocycles. The van der Waals surface area contributed by atoms with E-state index in [1.807, 2.05) is 36.4 Å². The fourth-order valence-electron chi connectivity index (χ4n) is 1.90. The van der Waals surface area contributed by atoms with Gasteiger partial charge in [0.25, 0.3) is 0 Å². The maximum absolute atomic E-state index is 10.0. The van der Waals surface area contributed by atoms with Crippen LogP contribution < -0.4 is 0 Å². The normalized spacial score (nSPS) is 10.7. The molecule has 1 aromatic heterocycles. The summed E-state index contributed by atoms with van der Waals surface area (Å²) in [7, 11) is 0. The second-order valence-corrected chi connectivity index (χ2v) is 5.64. The van der Waals surface area contributed by atoms with Crippen LogP contribution >= 0.6 is 27.5 Å². The lowest BCUT2D eigenvalue weighted by Gasteiger charge is -2.01. The van der Waals surface area contributed by atoms with E-state index in [0.717, 1.165) is 15.7 Å². The molecule has 1 N–H and O–H groups in total. The molecule has 3 nitrogen and oxygen atoms in total. The van der Waals surface area contributed by atoms with Crippen LogP contribution in [0, 0.1) is 0 Å². The Morgan fingerprint density at radius 3 is 2.30 bits per heavy atom. The van der Waals surface area contributed by atoms with Crippen LogP contribution in [0.1, 0.15) is 0 Å². The quantitative estimate of drug-likeness (QED) is 0.730. The van der Waals surface area contributed by atoms with E-state index in [9.17, 15) is 5.11 Å². The number of benzene rings is 2. The van der Waals surface area contributed by atoms with Crippen LogP contribution in [0.3, 0.4) is 0 Å². The summed E-state index contributed by atoms with van der Waals surface area (Å²) in [6.07, 6.45) is 1.58. The molecule has 0 spiro atoms. The van der Waals surface area contributed by atoms with Crippen molar-refractivity contribution in [1.29, 1.82) is 0 Å². The molecule has 0 saturated carbocycles. The second kappa shape index (κ2) is 5.31. The number of rotatable bonds is 2. The average molecular weight is 350 g/mol.